The fourth-order valence-corrected chi connectivity index (χ4v) is 2.93. The highest BCUT2D eigenvalue weighted by molar-refractivity contribution is 5.92. The second kappa shape index (κ2) is 6.76. The van der Waals surface area contributed by atoms with Gasteiger partial charge in [-0.3, -0.25) is 4.79 Å². The van der Waals surface area contributed by atoms with Gasteiger partial charge in [-0.15, -0.1) is 5.10 Å². The summed E-state index contributed by atoms with van der Waals surface area (Å²) in [5.74, 6) is 0.721. The zero-order valence-corrected chi connectivity index (χ0v) is 13.7. The minimum atomic E-state index is -0.110. The van der Waals surface area contributed by atoms with E-state index in [0.29, 0.717) is 18.8 Å². The maximum Gasteiger partial charge on any atom is 0.276 e. The number of para-hydroxylation sites is 2. The van der Waals surface area contributed by atoms with Crippen LogP contribution < -0.4 is 4.74 Å². The number of hydrogen-bond acceptors (Lipinski definition) is 4. The summed E-state index contributed by atoms with van der Waals surface area (Å²) in [6.07, 6.45) is 2.49. The average molecular weight is 334 g/mol. The van der Waals surface area contributed by atoms with Gasteiger partial charge in [0.1, 0.15) is 11.9 Å². The molecule has 1 aliphatic heterocycles. The molecule has 6 heteroatoms. The van der Waals surface area contributed by atoms with Crippen molar-refractivity contribution in [3.63, 3.8) is 0 Å². The van der Waals surface area contributed by atoms with Crippen molar-refractivity contribution in [3.8, 4) is 11.4 Å². The van der Waals surface area contributed by atoms with Crippen molar-refractivity contribution in [1.29, 1.82) is 0 Å². The van der Waals surface area contributed by atoms with Crippen LogP contribution in [0.15, 0.2) is 66.9 Å². The smallest absolute Gasteiger partial charge is 0.276 e. The summed E-state index contributed by atoms with van der Waals surface area (Å²) in [5, 5.41) is 8.08. The van der Waals surface area contributed by atoms with Crippen LogP contribution in [0.1, 0.15) is 16.9 Å². The normalized spacial score (nSPS) is 16.8. The molecule has 1 atom stereocenters. The molecule has 1 saturated heterocycles. The molecule has 0 saturated carbocycles. The van der Waals surface area contributed by atoms with Crippen molar-refractivity contribution in [2.75, 3.05) is 13.1 Å². The first kappa shape index (κ1) is 15.4. The number of likely N-dealkylation sites (tertiary alicyclic amines) is 1. The van der Waals surface area contributed by atoms with Gasteiger partial charge in [-0.25, -0.2) is 4.68 Å². The first-order chi connectivity index (χ1) is 12.3. The third kappa shape index (κ3) is 3.38. The van der Waals surface area contributed by atoms with Gasteiger partial charge in [0.2, 0.25) is 0 Å². The quantitative estimate of drug-likeness (QED) is 0.736. The Morgan fingerprint density at radius 3 is 2.52 bits per heavy atom. The third-order valence-electron chi connectivity index (χ3n) is 4.21. The van der Waals surface area contributed by atoms with Gasteiger partial charge in [-0.1, -0.05) is 41.6 Å². The minimum absolute atomic E-state index is 0.00974. The van der Waals surface area contributed by atoms with E-state index in [-0.39, 0.29) is 12.0 Å². The number of benzene rings is 2. The summed E-state index contributed by atoms with van der Waals surface area (Å²) in [4.78, 5) is 14.4. The van der Waals surface area contributed by atoms with E-state index in [1.54, 1.807) is 15.8 Å². The highest BCUT2D eigenvalue weighted by Crippen LogP contribution is 2.19. The van der Waals surface area contributed by atoms with Crippen LogP contribution in [-0.4, -0.2) is 45.0 Å². The number of carbonyl (C=O) groups is 1. The van der Waals surface area contributed by atoms with E-state index >= 15 is 0 Å². The molecule has 126 valence electrons. The third-order valence-corrected chi connectivity index (χ3v) is 4.21. The summed E-state index contributed by atoms with van der Waals surface area (Å²) < 4.78 is 7.54. The van der Waals surface area contributed by atoms with Gasteiger partial charge >= 0.3 is 0 Å². The van der Waals surface area contributed by atoms with Crippen LogP contribution in [0.3, 0.4) is 0 Å². The Morgan fingerprint density at radius 1 is 1.04 bits per heavy atom. The second-order valence-corrected chi connectivity index (χ2v) is 5.98. The molecular formula is C19H18N4O2. The Bertz CT molecular complexity index is 848. The Labute approximate surface area is 145 Å². The summed E-state index contributed by atoms with van der Waals surface area (Å²) in [6.45, 7) is 1.22. The number of ether oxygens (including phenoxy) is 1. The lowest BCUT2D eigenvalue weighted by Crippen LogP contribution is -2.31. The lowest BCUT2D eigenvalue weighted by Gasteiger charge is -2.16. The number of hydrogen-bond donors (Lipinski definition) is 0. The molecular weight excluding hydrogens is 316 g/mol. The number of amides is 1. The molecule has 25 heavy (non-hydrogen) atoms. The molecule has 0 bridgehead atoms. The van der Waals surface area contributed by atoms with Crippen LogP contribution in [0.5, 0.6) is 5.75 Å². The highest BCUT2D eigenvalue weighted by atomic mass is 16.5. The van der Waals surface area contributed by atoms with Crippen molar-refractivity contribution < 1.29 is 9.53 Å². The van der Waals surface area contributed by atoms with Crippen LogP contribution in [0.2, 0.25) is 0 Å². The summed E-state index contributed by atoms with van der Waals surface area (Å²) in [7, 11) is 0. The van der Waals surface area contributed by atoms with Gasteiger partial charge in [-0.2, -0.15) is 0 Å². The van der Waals surface area contributed by atoms with E-state index in [0.717, 1.165) is 17.9 Å². The summed E-state index contributed by atoms with van der Waals surface area (Å²) >= 11 is 0. The molecule has 4 rings (SSSR count). The largest absolute Gasteiger partial charge is 0.489 e. The number of rotatable bonds is 4. The molecule has 1 aliphatic rings. The first-order valence-corrected chi connectivity index (χ1v) is 8.28. The van der Waals surface area contributed by atoms with E-state index in [4.69, 9.17) is 4.74 Å². The standard InChI is InChI=1S/C19H18N4O2/c24-19(18-14-23(21-20-18)15-7-3-1-4-8-15)22-12-11-17(13-22)25-16-9-5-2-6-10-16/h1-10,14,17H,11-13H2/t17-/m0/s1. The molecule has 2 heterocycles. The van der Waals surface area contributed by atoms with Gasteiger partial charge in [-0.05, 0) is 24.3 Å². The molecule has 3 aromatic rings. The lowest BCUT2D eigenvalue weighted by atomic mass is 10.3. The lowest BCUT2D eigenvalue weighted by molar-refractivity contribution is 0.0766. The molecule has 1 fully saturated rings. The van der Waals surface area contributed by atoms with Crippen molar-refractivity contribution in [1.82, 2.24) is 19.9 Å². The van der Waals surface area contributed by atoms with Crippen LogP contribution in [-0.2, 0) is 0 Å². The Kier molecular flexibility index (Phi) is 4.16. The zero-order chi connectivity index (χ0) is 17.1. The SMILES string of the molecule is O=C(c1cn(-c2ccccc2)nn1)N1CC[C@H](Oc2ccccc2)C1. The van der Waals surface area contributed by atoms with Gasteiger partial charge in [0.25, 0.3) is 5.91 Å². The molecule has 2 aromatic carbocycles. The van der Waals surface area contributed by atoms with Gasteiger partial charge in [0.05, 0.1) is 18.4 Å². The number of carbonyl (C=O) groups excluding carboxylic acids is 1. The van der Waals surface area contributed by atoms with Crippen LogP contribution in [0, 0.1) is 0 Å². The average Bonchev–Trinajstić information content (AvgIpc) is 3.33. The summed E-state index contributed by atoms with van der Waals surface area (Å²) in [6, 6.07) is 19.3. The molecule has 1 aromatic heterocycles. The van der Waals surface area contributed by atoms with Crippen molar-refractivity contribution in [2.24, 2.45) is 0 Å². The molecule has 0 unspecified atom stereocenters. The minimum Gasteiger partial charge on any atom is -0.489 e. The number of aromatic nitrogens is 3. The van der Waals surface area contributed by atoms with E-state index in [1.807, 2.05) is 60.7 Å². The molecule has 6 nitrogen and oxygen atoms in total. The van der Waals surface area contributed by atoms with E-state index in [1.165, 1.54) is 0 Å². The molecule has 1 amide bonds. The Morgan fingerprint density at radius 2 is 1.76 bits per heavy atom. The van der Waals surface area contributed by atoms with Gasteiger partial charge in [0.15, 0.2) is 5.69 Å². The first-order valence-electron chi connectivity index (χ1n) is 8.28. The topological polar surface area (TPSA) is 60.2 Å². The van der Waals surface area contributed by atoms with Crippen LogP contribution in [0.4, 0.5) is 0 Å². The van der Waals surface area contributed by atoms with Crippen LogP contribution >= 0.6 is 0 Å². The van der Waals surface area contributed by atoms with Gasteiger partial charge < -0.3 is 9.64 Å². The maximum absolute atomic E-state index is 12.6. The predicted octanol–water partition coefficient (Wildman–Crippen LogP) is 2.56. The number of nitrogens with zero attached hydrogens (tertiary/aromatic N) is 4. The van der Waals surface area contributed by atoms with Crippen LogP contribution in [0.25, 0.3) is 5.69 Å². The molecule has 0 N–H and O–H groups in total. The zero-order valence-electron chi connectivity index (χ0n) is 13.7. The van der Waals surface area contributed by atoms with Crippen molar-refractivity contribution in [2.45, 2.75) is 12.5 Å². The van der Waals surface area contributed by atoms with E-state index in [9.17, 15) is 4.79 Å². The molecule has 0 radical (unpaired) electrons. The summed E-state index contributed by atoms with van der Waals surface area (Å²) in [5.41, 5.74) is 1.23. The Hall–Kier alpha value is -3.15. The Balaban J connectivity index is 1.41. The van der Waals surface area contributed by atoms with Crippen molar-refractivity contribution in [3.05, 3.63) is 72.6 Å². The second-order valence-electron chi connectivity index (χ2n) is 5.98. The molecule has 0 spiro atoms. The fraction of sp³-hybridized carbons (Fsp3) is 0.211. The highest BCUT2D eigenvalue weighted by Gasteiger charge is 2.29. The maximum atomic E-state index is 12.6. The predicted molar refractivity (Wildman–Crippen MR) is 92.7 cm³/mol. The van der Waals surface area contributed by atoms with E-state index < -0.39 is 0 Å². The molecule has 0 aliphatic carbocycles. The monoisotopic (exact) mass is 334 g/mol. The van der Waals surface area contributed by atoms with E-state index in [2.05, 4.69) is 10.3 Å². The van der Waals surface area contributed by atoms with Crippen molar-refractivity contribution >= 4 is 5.91 Å². The van der Waals surface area contributed by atoms with Gasteiger partial charge in [0, 0.05) is 13.0 Å². The fourth-order valence-electron chi connectivity index (χ4n) is 2.93.